The van der Waals surface area contributed by atoms with E-state index in [0.29, 0.717) is 0 Å². The van der Waals surface area contributed by atoms with Gasteiger partial charge in [-0.05, 0) is 19.6 Å². The van der Waals surface area contributed by atoms with Crippen LogP contribution in [0.1, 0.15) is 20.8 Å². The molecule has 1 atom stereocenters. The quantitative estimate of drug-likeness (QED) is 0.672. The monoisotopic (exact) mass is 161 g/mol. The van der Waals surface area contributed by atoms with E-state index in [2.05, 4.69) is 12.2 Å². The van der Waals surface area contributed by atoms with Crippen molar-refractivity contribution in [2.45, 2.75) is 26.0 Å². The minimum Gasteiger partial charge on any atom is -0.355 e. The standard InChI is InChI=1S/C7H15NOS/c1-4-8-7(9)6(3)10-5-2/h6H,4-5H2,1-3H3,(H,8,9)/t6-/m1/s1. The van der Waals surface area contributed by atoms with Crippen molar-refractivity contribution < 1.29 is 4.79 Å². The molecule has 0 aliphatic carbocycles. The molecule has 0 spiro atoms. The predicted octanol–water partition coefficient (Wildman–Crippen LogP) is 1.26. The molecular formula is C7H15NOS. The van der Waals surface area contributed by atoms with E-state index in [4.69, 9.17) is 0 Å². The molecule has 0 aromatic rings. The number of hydrogen-bond donors (Lipinski definition) is 1. The first-order valence-electron chi connectivity index (χ1n) is 3.61. The normalized spacial score (nSPS) is 12.7. The van der Waals surface area contributed by atoms with Crippen LogP contribution in [0.2, 0.25) is 0 Å². The van der Waals surface area contributed by atoms with Crippen LogP contribution >= 0.6 is 11.8 Å². The maximum absolute atomic E-state index is 11.0. The first-order chi connectivity index (χ1) is 4.72. The molecule has 0 fully saturated rings. The van der Waals surface area contributed by atoms with E-state index in [1.165, 1.54) is 0 Å². The van der Waals surface area contributed by atoms with Crippen molar-refractivity contribution in [3.05, 3.63) is 0 Å². The first-order valence-corrected chi connectivity index (χ1v) is 4.66. The molecule has 60 valence electrons. The van der Waals surface area contributed by atoms with Gasteiger partial charge in [0.05, 0.1) is 5.25 Å². The second kappa shape index (κ2) is 5.59. The molecule has 0 radical (unpaired) electrons. The van der Waals surface area contributed by atoms with Gasteiger partial charge in [0, 0.05) is 6.54 Å². The Morgan fingerprint density at radius 1 is 1.60 bits per heavy atom. The van der Waals surface area contributed by atoms with Gasteiger partial charge in [-0.25, -0.2) is 0 Å². The minimum absolute atomic E-state index is 0.102. The second-order valence-corrected chi connectivity index (χ2v) is 3.61. The van der Waals surface area contributed by atoms with Crippen LogP contribution in [-0.4, -0.2) is 23.5 Å². The van der Waals surface area contributed by atoms with Gasteiger partial charge in [0.1, 0.15) is 0 Å². The third-order valence-corrected chi connectivity index (χ3v) is 2.18. The summed E-state index contributed by atoms with van der Waals surface area (Å²) in [6.45, 7) is 6.65. The Morgan fingerprint density at radius 2 is 2.20 bits per heavy atom. The number of amides is 1. The van der Waals surface area contributed by atoms with Crippen LogP contribution in [0.5, 0.6) is 0 Å². The van der Waals surface area contributed by atoms with Gasteiger partial charge >= 0.3 is 0 Å². The Kier molecular flexibility index (Phi) is 5.49. The molecule has 0 unspecified atom stereocenters. The minimum atomic E-state index is 0.102. The van der Waals surface area contributed by atoms with Crippen molar-refractivity contribution in [1.82, 2.24) is 5.32 Å². The summed E-state index contributed by atoms with van der Waals surface area (Å²) in [5.74, 6) is 1.15. The van der Waals surface area contributed by atoms with E-state index >= 15 is 0 Å². The highest BCUT2D eigenvalue weighted by atomic mass is 32.2. The molecular weight excluding hydrogens is 146 g/mol. The molecule has 0 aliphatic heterocycles. The average molecular weight is 161 g/mol. The summed E-state index contributed by atoms with van der Waals surface area (Å²) in [5.41, 5.74) is 0. The fourth-order valence-electron chi connectivity index (χ4n) is 0.644. The van der Waals surface area contributed by atoms with Crippen molar-refractivity contribution in [2.24, 2.45) is 0 Å². The Labute approximate surface area is 66.8 Å². The van der Waals surface area contributed by atoms with E-state index in [0.717, 1.165) is 12.3 Å². The fraction of sp³-hybridized carbons (Fsp3) is 0.857. The lowest BCUT2D eigenvalue weighted by Gasteiger charge is -2.08. The third-order valence-electron chi connectivity index (χ3n) is 1.14. The van der Waals surface area contributed by atoms with Crippen LogP contribution in [-0.2, 0) is 4.79 Å². The lowest BCUT2D eigenvalue weighted by atomic mass is 10.4. The molecule has 0 heterocycles. The molecule has 0 saturated carbocycles. The maximum atomic E-state index is 11.0. The molecule has 0 aromatic heterocycles. The molecule has 1 amide bonds. The number of hydrogen-bond acceptors (Lipinski definition) is 2. The second-order valence-electron chi connectivity index (χ2n) is 1.99. The number of nitrogens with one attached hydrogen (secondary N) is 1. The summed E-state index contributed by atoms with van der Waals surface area (Å²) < 4.78 is 0. The molecule has 0 bridgehead atoms. The van der Waals surface area contributed by atoms with Crippen molar-refractivity contribution in [3.63, 3.8) is 0 Å². The van der Waals surface area contributed by atoms with E-state index in [1.54, 1.807) is 11.8 Å². The van der Waals surface area contributed by atoms with Crippen LogP contribution in [0.4, 0.5) is 0 Å². The smallest absolute Gasteiger partial charge is 0.232 e. The highest BCUT2D eigenvalue weighted by Crippen LogP contribution is 2.08. The lowest BCUT2D eigenvalue weighted by molar-refractivity contribution is -0.120. The molecule has 1 N–H and O–H groups in total. The molecule has 0 rings (SSSR count). The number of carbonyl (C=O) groups excluding carboxylic acids is 1. The summed E-state index contributed by atoms with van der Waals surface area (Å²) >= 11 is 1.67. The van der Waals surface area contributed by atoms with E-state index < -0.39 is 0 Å². The number of rotatable bonds is 4. The summed E-state index contributed by atoms with van der Waals surface area (Å²) in [5, 5.41) is 2.87. The average Bonchev–Trinajstić information content (AvgIpc) is 1.89. The van der Waals surface area contributed by atoms with Gasteiger partial charge in [0.25, 0.3) is 0 Å². The third kappa shape index (κ3) is 3.77. The fourth-order valence-corrected chi connectivity index (χ4v) is 1.38. The van der Waals surface area contributed by atoms with Crippen LogP contribution < -0.4 is 5.32 Å². The van der Waals surface area contributed by atoms with Crippen molar-refractivity contribution in [2.75, 3.05) is 12.3 Å². The van der Waals surface area contributed by atoms with Gasteiger partial charge < -0.3 is 5.32 Å². The zero-order chi connectivity index (χ0) is 7.98. The van der Waals surface area contributed by atoms with E-state index in [-0.39, 0.29) is 11.2 Å². The Balaban J connectivity index is 3.49. The zero-order valence-corrected chi connectivity index (χ0v) is 7.62. The van der Waals surface area contributed by atoms with Crippen molar-refractivity contribution >= 4 is 17.7 Å². The van der Waals surface area contributed by atoms with Gasteiger partial charge in [-0.2, -0.15) is 0 Å². The van der Waals surface area contributed by atoms with Crippen molar-refractivity contribution in [1.29, 1.82) is 0 Å². The molecule has 0 aliphatic rings. The van der Waals surface area contributed by atoms with Gasteiger partial charge in [0.2, 0.25) is 5.91 Å². The Hall–Kier alpha value is -0.180. The number of carbonyl (C=O) groups is 1. The summed E-state index contributed by atoms with van der Waals surface area (Å²) in [6.07, 6.45) is 0. The Bertz CT molecular complexity index is 106. The topological polar surface area (TPSA) is 29.1 Å². The van der Waals surface area contributed by atoms with Gasteiger partial charge in [-0.3, -0.25) is 4.79 Å². The van der Waals surface area contributed by atoms with E-state index in [9.17, 15) is 4.79 Å². The predicted molar refractivity (Wildman–Crippen MR) is 46.3 cm³/mol. The Morgan fingerprint density at radius 3 is 2.60 bits per heavy atom. The van der Waals surface area contributed by atoms with Crippen LogP contribution in [0, 0.1) is 0 Å². The van der Waals surface area contributed by atoms with Crippen LogP contribution in [0.3, 0.4) is 0 Å². The van der Waals surface area contributed by atoms with Crippen LogP contribution in [0.15, 0.2) is 0 Å². The molecule has 10 heavy (non-hydrogen) atoms. The van der Waals surface area contributed by atoms with E-state index in [1.807, 2.05) is 13.8 Å². The highest BCUT2D eigenvalue weighted by Gasteiger charge is 2.09. The maximum Gasteiger partial charge on any atom is 0.232 e. The van der Waals surface area contributed by atoms with Crippen molar-refractivity contribution in [3.8, 4) is 0 Å². The summed E-state index contributed by atoms with van der Waals surface area (Å²) in [6, 6.07) is 0. The van der Waals surface area contributed by atoms with Gasteiger partial charge in [-0.1, -0.05) is 6.92 Å². The molecule has 0 aromatic carbocycles. The highest BCUT2D eigenvalue weighted by molar-refractivity contribution is 8.00. The lowest BCUT2D eigenvalue weighted by Crippen LogP contribution is -2.30. The van der Waals surface area contributed by atoms with Crippen LogP contribution in [0.25, 0.3) is 0 Å². The van der Waals surface area contributed by atoms with Gasteiger partial charge in [-0.15, -0.1) is 11.8 Å². The number of thioether (sulfide) groups is 1. The largest absolute Gasteiger partial charge is 0.355 e. The SMILES string of the molecule is CCNC(=O)[C@@H](C)SCC. The zero-order valence-electron chi connectivity index (χ0n) is 6.81. The van der Waals surface area contributed by atoms with Gasteiger partial charge in [0.15, 0.2) is 0 Å². The summed E-state index contributed by atoms with van der Waals surface area (Å²) in [4.78, 5) is 11.0. The molecule has 3 heteroatoms. The first kappa shape index (κ1) is 9.82. The summed E-state index contributed by atoms with van der Waals surface area (Å²) in [7, 11) is 0. The molecule has 0 saturated heterocycles. The molecule has 2 nitrogen and oxygen atoms in total.